The summed E-state index contributed by atoms with van der Waals surface area (Å²) in [4.78, 5) is 9.01. The van der Waals surface area contributed by atoms with E-state index in [-0.39, 0.29) is 11.1 Å². The first-order valence-electron chi connectivity index (χ1n) is 8.71. The molecule has 1 fully saturated rings. The van der Waals surface area contributed by atoms with Crippen molar-refractivity contribution in [1.29, 1.82) is 0 Å². The summed E-state index contributed by atoms with van der Waals surface area (Å²) in [6.45, 7) is 4.10. The van der Waals surface area contributed by atoms with Crippen LogP contribution in [0.25, 0.3) is 0 Å². The molecule has 146 valence electrons. The van der Waals surface area contributed by atoms with Crippen LogP contribution in [0.5, 0.6) is 5.75 Å². The Morgan fingerprint density at radius 3 is 2.59 bits per heavy atom. The fourth-order valence-electron chi connectivity index (χ4n) is 2.44. The molecule has 2 aromatic rings. The second-order valence-corrected chi connectivity index (χ2v) is 6.95. The fourth-order valence-corrected chi connectivity index (χ4v) is 2.66. The number of halogens is 4. The van der Waals surface area contributed by atoms with Gasteiger partial charge in [-0.05, 0) is 44.4 Å². The molecule has 0 unspecified atom stereocenters. The average molecular weight is 401 g/mol. The van der Waals surface area contributed by atoms with Gasteiger partial charge in [0.1, 0.15) is 11.6 Å². The Balaban J connectivity index is 1.81. The van der Waals surface area contributed by atoms with Crippen molar-refractivity contribution in [3.05, 3.63) is 35.0 Å². The third-order valence-corrected chi connectivity index (χ3v) is 4.45. The molecule has 1 aromatic heterocycles. The normalized spacial score (nSPS) is 15.3. The average Bonchev–Trinajstić information content (AvgIpc) is 3.41. The number of nitrogens with one attached hydrogen (secondary N) is 2. The number of rotatable bonds is 7. The molecular formula is C18H20ClF3N4O. The van der Waals surface area contributed by atoms with Gasteiger partial charge in [0.2, 0.25) is 5.95 Å². The predicted molar refractivity (Wildman–Crippen MR) is 98.8 cm³/mol. The van der Waals surface area contributed by atoms with Gasteiger partial charge in [-0.25, -0.2) is 4.98 Å². The Bertz CT molecular complexity index is 812. The molecule has 0 bridgehead atoms. The number of hydrogen-bond acceptors (Lipinski definition) is 5. The minimum atomic E-state index is -4.79. The molecule has 2 N–H and O–H groups in total. The van der Waals surface area contributed by atoms with Gasteiger partial charge >= 0.3 is 6.36 Å². The molecule has 0 radical (unpaired) electrons. The van der Waals surface area contributed by atoms with Crippen LogP contribution in [0.15, 0.2) is 24.3 Å². The van der Waals surface area contributed by atoms with Gasteiger partial charge in [-0.1, -0.05) is 18.5 Å². The molecule has 9 heteroatoms. The van der Waals surface area contributed by atoms with Crippen LogP contribution in [0, 0.1) is 0 Å². The van der Waals surface area contributed by atoms with Gasteiger partial charge in [-0.15, -0.1) is 13.2 Å². The van der Waals surface area contributed by atoms with Gasteiger partial charge in [-0.3, -0.25) is 0 Å². The van der Waals surface area contributed by atoms with Gasteiger partial charge in [0.25, 0.3) is 0 Å². The zero-order chi connectivity index (χ0) is 19.6. The lowest BCUT2D eigenvalue weighted by Gasteiger charge is -2.15. The highest BCUT2D eigenvalue weighted by Crippen LogP contribution is 2.40. The summed E-state index contributed by atoms with van der Waals surface area (Å²) in [7, 11) is 0. The third kappa shape index (κ3) is 5.63. The van der Waals surface area contributed by atoms with Crippen molar-refractivity contribution in [2.24, 2.45) is 0 Å². The summed E-state index contributed by atoms with van der Waals surface area (Å²) >= 11 is 5.90. The SMILES string of the molecule is CC[C@H](C)Nc1nc(Nc2ccc(OC(F)(F)F)c(Cl)c2)cc(C2CC2)n1. The maximum atomic E-state index is 12.4. The minimum absolute atomic E-state index is 0.147. The van der Waals surface area contributed by atoms with Gasteiger partial charge in [-0.2, -0.15) is 4.98 Å². The van der Waals surface area contributed by atoms with Crippen molar-refractivity contribution in [3.63, 3.8) is 0 Å². The molecule has 1 saturated carbocycles. The van der Waals surface area contributed by atoms with E-state index in [0.29, 0.717) is 23.4 Å². The van der Waals surface area contributed by atoms with Gasteiger partial charge < -0.3 is 15.4 Å². The van der Waals surface area contributed by atoms with Crippen molar-refractivity contribution in [2.75, 3.05) is 10.6 Å². The van der Waals surface area contributed by atoms with Crippen molar-refractivity contribution in [3.8, 4) is 5.75 Å². The summed E-state index contributed by atoms with van der Waals surface area (Å²) < 4.78 is 40.9. The standard InChI is InChI=1S/C18H20ClF3N4O/c1-3-10(2)23-17-25-14(11-4-5-11)9-16(26-17)24-12-6-7-15(13(19)8-12)27-18(20,21)22/h6-11H,3-5H2,1-2H3,(H2,23,24,25,26)/t10-/m0/s1. The van der Waals surface area contributed by atoms with E-state index in [4.69, 9.17) is 11.6 Å². The molecule has 1 aromatic carbocycles. The third-order valence-electron chi connectivity index (χ3n) is 4.16. The Morgan fingerprint density at radius 2 is 2.00 bits per heavy atom. The first-order chi connectivity index (χ1) is 12.7. The zero-order valence-corrected chi connectivity index (χ0v) is 15.7. The van der Waals surface area contributed by atoms with Crippen LogP contribution in [0.1, 0.15) is 44.7 Å². The quantitative estimate of drug-likeness (QED) is 0.609. The van der Waals surface area contributed by atoms with Crippen LogP contribution < -0.4 is 15.4 Å². The topological polar surface area (TPSA) is 59.1 Å². The minimum Gasteiger partial charge on any atom is -0.404 e. The molecule has 1 aliphatic rings. The van der Waals surface area contributed by atoms with Crippen molar-refractivity contribution in [1.82, 2.24) is 9.97 Å². The molecule has 1 aliphatic carbocycles. The van der Waals surface area contributed by atoms with E-state index in [1.807, 2.05) is 13.0 Å². The predicted octanol–water partition coefficient (Wildman–Crippen LogP) is 5.86. The summed E-state index contributed by atoms with van der Waals surface area (Å²) in [6, 6.07) is 6.06. The van der Waals surface area contributed by atoms with Crippen molar-refractivity contribution in [2.45, 2.75) is 51.4 Å². The lowest BCUT2D eigenvalue weighted by molar-refractivity contribution is -0.274. The van der Waals surface area contributed by atoms with Crippen LogP contribution in [-0.2, 0) is 0 Å². The highest BCUT2D eigenvalue weighted by atomic mass is 35.5. The van der Waals surface area contributed by atoms with Crippen molar-refractivity contribution >= 4 is 29.1 Å². The van der Waals surface area contributed by atoms with Gasteiger partial charge in [0, 0.05) is 23.7 Å². The zero-order valence-electron chi connectivity index (χ0n) is 14.9. The first-order valence-corrected chi connectivity index (χ1v) is 9.09. The largest absolute Gasteiger partial charge is 0.573 e. The van der Waals surface area contributed by atoms with Gasteiger partial charge in [0.05, 0.1) is 10.7 Å². The molecule has 0 aliphatic heterocycles. The molecule has 0 amide bonds. The molecule has 3 rings (SSSR count). The summed E-state index contributed by atoms with van der Waals surface area (Å²) in [6.07, 6.45) is -1.68. The van der Waals surface area contributed by atoms with E-state index < -0.39 is 12.1 Å². The Morgan fingerprint density at radius 1 is 1.26 bits per heavy atom. The highest BCUT2D eigenvalue weighted by Gasteiger charge is 2.32. The molecule has 5 nitrogen and oxygen atoms in total. The molecule has 0 spiro atoms. The smallest absolute Gasteiger partial charge is 0.404 e. The van der Waals surface area contributed by atoms with E-state index in [1.165, 1.54) is 18.2 Å². The molecular weight excluding hydrogens is 381 g/mol. The number of aromatic nitrogens is 2. The number of anilines is 3. The van der Waals surface area contributed by atoms with E-state index in [1.54, 1.807) is 0 Å². The van der Waals surface area contributed by atoms with Crippen LogP contribution in [0.3, 0.4) is 0 Å². The number of ether oxygens (including phenoxy) is 1. The summed E-state index contributed by atoms with van der Waals surface area (Å²) in [5.41, 5.74) is 1.45. The number of hydrogen-bond donors (Lipinski definition) is 2. The van der Waals surface area contributed by atoms with Gasteiger partial charge in [0.15, 0.2) is 0 Å². The number of alkyl halides is 3. The van der Waals surface area contributed by atoms with E-state index >= 15 is 0 Å². The molecule has 1 atom stereocenters. The first kappa shape index (κ1) is 19.5. The molecule has 27 heavy (non-hydrogen) atoms. The molecule has 1 heterocycles. The number of nitrogens with zero attached hydrogens (tertiary/aromatic N) is 2. The van der Waals surface area contributed by atoms with Crippen LogP contribution in [-0.4, -0.2) is 22.4 Å². The van der Waals surface area contributed by atoms with Crippen LogP contribution >= 0.6 is 11.6 Å². The maximum Gasteiger partial charge on any atom is 0.573 e. The second kappa shape index (κ2) is 7.80. The Hall–Kier alpha value is -2.22. The fraction of sp³-hybridized carbons (Fsp3) is 0.444. The maximum absolute atomic E-state index is 12.4. The Kier molecular flexibility index (Phi) is 5.64. The number of benzene rings is 1. The van der Waals surface area contributed by atoms with Crippen LogP contribution in [0.4, 0.5) is 30.6 Å². The lowest BCUT2D eigenvalue weighted by Crippen LogP contribution is -2.17. The summed E-state index contributed by atoms with van der Waals surface area (Å²) in [5, 5.41) is 6.18. The Labute approximate surface area is 160 Å². The lowest BCUT2D eigenvalue weighted by atomic mass is 10.2. The second-order valence-electron chi connectivity index (χ2n) is 6.55. The van der Waals surface area contributed by atoms with E-state index in [0.717, 1.165) is 25.0 Å². The van der Waals surface area contributed by atoms with Crippen LogP contribution in [0.2, 0.25) is 5.02 Å². The van der Waals surface area contributed by atoms with E-state index in [2.05, 4.69) is 32.3 Å². The monoisotopic (exact) mass is 400 g/mol. The highest BCUT2D eigenvalue weighted by molar-refractivity contribution is 6.32. The summed E-state index contributed by atoms with van der Waals surface area (Å²) in [5.74, 6) is 1.06. The molecule has 0 saturated heterocycles. The van der Waals surface area contributed by atoms with E-state index in [9.17, 15) is 13.2 Å². The van der Waals surface area contributed by atoms with Crippen molar-refractivity contribution < 1.29 is 17.9 Å².